The van der Waals surface area contributed by atoms with Crippen LogP contribution in [0.3, 0.4) is 0 Å². The van der Waals surface area contributed by atoms with Crippen molar-refractivity contribution in [1.29, 1.82) is 0 Å². The highest BCUT2D eigenvalue weighted by atomic mass is 32.2. The molecule has 0 bridgehead atoms. The molecule has 0 aliphatic heterocycles. The minimum Gasteiger partial charge on any atom is -0.469 e. The molecule has 0 saturated heterocycles. The molecule has 1 unspecified atom stereocenters. The van der Waals surface area contributed by atoms with Gasteiger partial charge in [0.25, 0.3) is 10.2 Å². The summed E-state index contributed by atoms with van der Waals surface area (Å²) < 4.78 is 32.3. The Kier molecular flexibility index (Phi) is 7.54. The smallest absolute Gasteiger partial charge is 0.309 e. The van der Waals surface area contributed by atoms with Crippen molar-refractivity contribution in [3.63, 3.8) is 0 Å². The molecule has 0 radical (unpaired) electrons. The van der Waals surface area contributed by atoms with Gasteiger partial charge in [0.15, 0.2) is 0 Å². The van der Waals surface area contributed by atoms with Crippen LogP contribution < -0.4 is 4.72 Å². The number of methoxy groups -OCH3 is 1. The van der Waals surface area contributed by atoms with Crippen LogP contribution in [0.4, 0.5) is 0 Å². The first-order chi connectivity index (χ1) is 8.61. The Morgan fingerprint density at radius 2 is 1.79 bits per heavy atom. The van der Waals surface area contributed by atoms with Crippen LogP contribution in [0.5, 0.6) is 0 Å². The second kappa shape index (κ2) is 7.81. The normalized spacial score (nSPS) is 14.2. The lowest BCUT2D eigenvalue weighted by atomic mass is 9.97. The molecule has 1 atom stereocenters. The second-order valence-electron chi connectivity index (χ2n) is 5.31. The van der Waals surface area contributed by atoms with Gasteiger partial charge in [-0.3, -0.25) is 4.79 Å². The number of rotatable bonds is 8. The van der Waals surface area contributed by atoms with Crippen LogP contribution in [0, 0.1) is 11.8 Å². The van der Waals surface area contributed by atoms with Gasteiger partial charge in [-0.05, 0) is 26.2 Å². The van der Waals surface area contributed by atoms with Gasteiger partial charge < -0.3 is 4.74 Å². The topological polar surface area (TPSA) is 75.7 Å². The summed E-state index contributed by atoms with van der Waals surface area (Å²) in [7, 11) is -0.744. The molecule has 0 aliphatic rings. The average molecular weight is 294 g/mol. The molecule has 0 spiro atoms. The number of hydrogen-bond donors (Lipinski definition) is 1. The van der Waals surface area contributed by atoms with E-state index >= 15 is 0 Å². The van der Waals surface area contributed by atoms with Crippen molar-refractivity contribution in [2.75, 3.05) is 20.7 Å². The number of esters is 1. The van der Waals surface area contributed by atoms with E-state index in [1.807, 2.05) is 13.8 Å². The second-order valence-corrected chi connectivity index (χ2v) is 7.13. The quantitative estimate of drug-likeness (QED) is 0.678. The Hall–Kier alpha value is -0.660. The summed E-state index contributed by atoms with van der Waals surface area (Å²) in [6.07, 6.45) is 0.584. The first kappa shape index (κ1) is 18.3. The van der Waals surface area contributed by atoms with E-state index in [1.165, 1.54) is 18.5 Å². The molecule has 0 saturated carbocycles. The van der Waals surface area contributed by atoms with Crippen molar-refractivity contribution >= 4 is 16.2 Å². The fourth-order valence-corrected chi connectivity index (χ4v) is 2.75. The summed E-state index contributed by atoms with van der Waals surface area (Å²) in [5.74, 6) is -0.555. The van der Waals surface area contributed by atoms with Crippen LogP contribution in [0.15, 0.2) is 0 Å². The predicted molar refractivity (Wildman–Crippen MR) is 74.8 cm³/mol. The highest BCUT2D eigenvalue weighted by molar-refractivity contribution is 7.87. The molecular weight excluding hydrogens is 268 g/mol. The fraction of sp³-hybridized carbons (Fsp3) is 0.917. The number of nitrogens with zero attached hydrogens (tertiary/aromatic N) is 1. The van der Waals surface area contributed by atoms with E-state index in [2.05, 4.69) is 4.72 Å². The molecule has 0 fully saturated rings. The number of nitrogens with one attached hydrogen (secondary N) is 1. The van der Waals surface area contributed by atoms with E-state index in [4.69, 9.17) is 4.74 Å². The zero-order chi connectivity index (χ0) is 15.2. The van der Waals surface area contributed by atoms with Gasteiger partial charge in [-0.15, -0.1) is 0 Å². The van der Waals surface area contributed by atoms with Crippen molar-refractivity contribution < 1.29 is 17.9 Å². The number of hydrogen-bond acceptors (Lipinski definition) is 4. The van der Waals surface area contributed by atoms with Gasteiger partial charge in [-0.25, -0.2) is 4.72 Å². The minimum atomic E-state index is -3.56. The molecule has 7 heteroatoms. The Balaban J connectivity index is 4.67. The highest BCUT2D eigenvalue weighted by Crippen LogP contribution is 2.13. The monoisotopic (exact) mass is 294 g/mol. The van der Waals surface area contributed by atoms with Crippen LogP contribution in [-0.2, 0) is 19.7 Å². The lowest BCUT2D eigenvalue weighted by molar-refractivity contribution is -0.145. The molecule has 0 heterocycles. The van der Waals surface area contributed by atoms with Crippen molar-refractivity contribution in [1.82, 2.24) is 9.03 Å². The molecule has 0 aromatic carbocycles. The molecule has 0 amide bonds. The van der Waals surface area contributed by atoms with Gasteiger partial charge in [-0.1, -0.05) is 13.8 Å². The number of carbonyl (C=O) groups is 1. The summed E-state index contributed by atoms with van der Waals surface area (Å²) in [4.78, 5) is 11.6. The Morgan fingerprint density at radius 1 is 1.26 bits per heavy atom. The average Bonchev–Trinajstić information content (AvgIpc) is 2.31. The lowest BCUT2D eigenvalue weighted by Gasteiger charge is -2.23. The van der Waals surface area contributed by atoms with Crippen LogP contribution in [0.1, 0.15) is 34.1 Å². The first-order valence-corrected chi connectivity index (χ1v) is 7.86. The summed E-state index contributed by atoms with van der Waals surface area (Å²) in [6.45, 7) is 7.58. The predicted octanol–water partition coefficient (Wildman–Crippen LogP) is 0.996. The molecule has 19 heavy (non-hydrogen) atoms. The molecule has 0 rings (SSSR count). The molecule has 0 aliphatic carbocycles. The van der Waals surface area contributed by atoms with Gasteiger partial charge in [0.05, 0.1) is 13.0 Å². The molecule has 6 nitrogen and oxygen atoms in total. The summed E-state index contributed by atoms with van der Waals surface area (Å²) >= 11 is 0. The van der Waals surface area contributed by atoms with Crippen LogP contribution >= 0.6 is 0 Å². The van der Waals surface area contributed by atoms with Crippen molar-refractivity contribution in [3.8, 4) is 0 Å². The maximum Gasteiger partial charge on any atom is 0.309 e. The van der Waals surface area contributed by atoms with Crippen molar-refractivity contribution in [2.45, 2.75) is 40.2 Å². The zero-order valence-electron chi connectivity index (χ0n) is 12.6. The first-order valence-electron chi connectivity index (χ1n) is 6.42. The van der Waals surface area contributed by atoms with Gasteiger partial charge in [-0.2, -0.15) is 12.7 Å². The zero-order valence-corrected chi connectivity index (χ0v) is 13.5. The molecule has 0 aromatic rings. The van der Waals surface area contributed by atoms with E-state index in [9.17, 15) is 13.2 Å². The van der Waals surface area contributed by atoms with Gasteiger partial charge >= 0.3 is 5.97 Å². The van der Waals surface area contributed by atoms with E-state index in [1.54, 1.807) is 13.8 Å². The minimum absolute atomic E-state index is 0.0598. The van der Waals surface area contributed by atoms with Gasteiger partial charge in [0.1, 0.15) is 0 Å². The van der Waals surface area contributed by atoms with Crippen LogP contribution in [0.2, 0.25) is 0 Å². The summed E-state index contributed by atoms with van der Waals surface area (Å²) in [6, 6.07) is -0.140. The molecule has 1 N–H and O–H groups in total. The third-order valence-electron chi connectivity index (χ3n) is 2.91. The maximum absolute atomic E-state index is 11.9. The Morgan fingerprint density at radius 3 is 2.16 bits per heavy atom. The van der Waals surface area contributed by atoms with Crippen LogP contribution in [0.25, 0.3) is 0 Å². The summed E-state index contributed by atoms with van der Waals surface area (Å²) in [5, 5.41) is 0. The molecular formula is C12H26N2O4S. The van der Waals surface area contributed by atoms with E-state index < -0.39 is 16.1 Å². The molecule has 114 valence electrons. The van der Waals surface area contributed by atoms with Crippen molar-refractivity contribution in [2.24, 2.45) is 11.8 Å². The maximum atomic E-state index is 11.9. The Labute approximate surface area is 116 Å². The third-order valence-corrected chi connectivity index (χ3v) is 4.62. The summed E-state index contributed by atoms with van der Waals surface area (Å²) in [5.41, 5.74) is 0. The van der Waals surface area contributed by atoms with E-state index in [0.717, 1.165) is 0 Å². The van der Waals surface area contributed by atoms with Gasteiger partial charge in [0, 0.05) is 19.6 Å². The van der Waals surface area contributed by atoms with E-state index in [-0.39, 0.29) is 24.5 Å². The van der Waals surface area contributed by atoms with Gasteiger partial charge in [0.2, 0.25) is 0 Å². The van der Waals surface area contributed by atoms with Crippen LogP contribution in [-0.4, -0.2) is 45.4 Å². The number of ether oxygens (including phenoxy) is 1. The largest absolute Gasteiger partial charge is 0.469 e. The standard InChI is InChI=1S/C12H26N2O4S/c1-9(2)7-11(12(15)18-6)8-13-19(16,17)14(5)10(3)4/h9-11,13H,7-8H2,1-6H3. The van der Waals surface area contributed by atoms with E-state index in [0.29, 0.717) is 6.42 Å². The van der Waals surface area contributed by atoms with Crippen molar-refractivity contribution in [3.05, 3.63) is 0 Å². The Bertz CT molecular complexity index is 379. The molecule has 0 aromatic heterocycles. The lowest BCUT2D eigenvalue weighted by Crippen LogP contribution is -2.44. The SMILES string of the molecule is COC(=O)C(CNS(=O)(=O)N(C)C(C)C)CC(C)C. The third kappa shape index (κ3) is 6.35. The number of carbonyl (C=O) groups excluding carboxylic acids is 1. The highest BCUT2D eigenvalue weighted by Gasteiger charge is 2.25. The fourth-order valence-electron chi connectivity index (χ4n) is 1.58.